The fraction of sp³-hybridized carbons (Fsp3) is 0.119. The van der Waals surface area contributed by atoms with E-state index in [0.717, 1.165) is 66.8 Å². The molecule has 0 aliphatic carbocycles. The summed E-state index contributed by atoms with van der Waals surface area (Å²) in [4.78, 5) is 9.88. The molecule has 12 rings (SSSR count). The maximum Gasteiger partial charge on any atom is 0.137 e. The van der Waals surface area contributed by atoms with Crippen LogP contribution in [0.25, 0.3) is 61.0 Å². The lowest BCUT2D eigenvalue weighted by atomic mass is 9.75. The minimum absolute atomic E-state index is 0.0621. The summed E-state index contributed by atoms with van der Waals surface area (Å²) in [6, 6.07) is 67.7. The molecule has 11 aromatic rings. The zero-order valence-electron chi connectivity index (χ0n) is 46.0. The van der Waals surface area contributed by atoms with E-state index in [4.69, 9.17) is 16.6 Å². The molecule has 0 unspecified atom stereocenters. The summed E-state index contributed by atoms with van der Waals surface area (Å²) in [6.45, 7) is 11.6. The summed E-state index contributed by atoms with van der Waals surface area (Å²) in [5.41, 5.74) is 13.5. The molecule has 0 radical (unpaired) electrons. The van der Waals surface area contributed by atoms with Gasteiger partial charge in [-0.05, 0) is 117 Å². The van der Waals surface area contributed by atoms with Gasteiger partial charge in [-0.25, -0.2) is 4.98 Å². The van der Waals surface area contributed by atoms with E-state index in [-0.39, 0.29) is 23.1 Å². The first kappa shape index (κ1) is 39.1. The molecular weight excluding hydrogens is 877 g/mol. The number of fused-ring (bicyclic) bond motifs is 4. The molecule has 1 aliphatic rings. The molecule has 9 aromatic carbocycles. The lowest BCUT2D eigenvalue weighted by Gasteiger charge is -2.29. The number of hydrogen-bond donors (Lipinski definition) is 0. The zero-order valence-corrected chi connectivity index (χ0v) is 41.0. The monoisotopic (exact) mass is 937 g/mol. The van der Waals surface area contributed by atoms with Crippen LogP contribution in [0.1, 0.15) is 58.2 Å². The van der Waals surface area contributed by atoms with Crippen LogP contribution in [0.4, 0.5) is 22.7 Å². The van der Waals surface area contributed by atoms with Crippen molar-refractivity contribution >= 4 is 44.6 Å². The van der Waals surface area contributed by atoms with Gasteiger partial charge in [0, 0.05) is 51.5 Å². The van der Waals surface area contributed by atoms with Gasteiger partial charge in [-0.2, -0.15) is 0 Å². The van der Waals surface area contributed by atoms with Crippen LogP contribution >= 0.6 is 0 Å². The molecule has 0 fully saturated rings. The van der Waals surface area contributed by atoms with E-state index in [2.05, 4.69) is 189 Å². The molecule has 350 valence electrons. The van der Waals surface area contributed by atoms with Gasteiger partial charge in [-0.15, -0.1) is 0 Å². The lowest BCUT2D eigenvalue weighted by Crippen LogP contribution is -2.24. The Balaban J connectivity index is 0.969. The van der Waals surface area contributed by atoms with Crippen LogP contribution in [-0.2, 0) is 10.8 Å². The third-order valence-corrected chi connectivity index (χ3v) is 14.2. The Morgan fingerprint density at radius 2 is 1.12 bits per heavy atom. The second kappa shape index (κ2) is 17.9. The van der Waals surface area contributed by atoms with E-state index in [1.54, 1.807) is 6.20 Å². The van der Waals surface area contributed by atoms with Gasteiger partial charge in [0.25, 0.3) is 0 Å². The Hall–Kier alpha value is -8.67. The summed E-state index contributed by atoms with van der Waals surface area (Å²) < 4.78 is 52.8. The van der Waals surface area contributed by atoms with E-state index in [1.165, 1.54) is 16.7 Å². The summed E-state index contributed by atoms with van der Waals surface area (Å²) in [5.74, 6) is 1.92. The molecule has 0 saturated carbocycles. The lowest BCUT2D eigenvalue weighted by molar-refractivity contribution is 0.483. The molecule has 2 aromatic heterocycles. The zero-order chi connectivity index (χ0) is 53.3. The van der Waals surface area contributed by atoms with Crippen molar-refractivity contribution in [3.8, 4) is 50.7 Å². The molecule has 0 saturated heterocycles. The molecule has 5 nitrogen and oxygen atoms in total. The van der Waals surface area contributed by atoms with Crippen molar-refractivity contribution in [2.45, 2.75) is 45.4 Å². The highest BCUT2D eigenvalue weighted by molar-refractivity contribution is 6.11. The normalized spacial score (nSPS) is 13.7. The molecule has 5 heteroatoms. The Kier molecular flexibility index (Phi) is 9.74. The second-order valence-electron chi connectivity index (χ2n) is 20.2. The molecule has 0 spiro atoms. The number of benzene rings is 9. The molecule has 3 heterocycles. The van der Waals surface area contributed by atoms with Crippen molar-refractivity contribution in [1.29, 1.82) is 0 Å². The van der Waals surface area contributed by atoms with Crippen LogP contribution in [0.3, 0.4) is 0 Å². The van der Waals surface area contributed by atoms with Gasteiger partial charge < -0.3 is 14.5 Å². The van der Waals surface area contributed by atoms with Crippen LogP contribution in [0.15, 0.2) is 237 Å². The predicted molar refractivity (Wildman–Crippen MR) is 301 cm³/mol. The molecule has 72 heavy (non-hydrogen) atoms. The quantitative estimate of drug-likeness (QED) is 0.137. The SMILES string of the molecule is [2H]c1c([2H])c([2H])c(-c2cnc(-n3c4ccc(-c5ccccc5)cc4c4ccc(Oc5cccc(N6CN(c7cc(-c8ccccc8)cc(C(C)(C)C)c7)c7ccccc76)c5)cc43)cc2C(C)(C)c2ccccc2)c([2H])c1[2H]. The molecular formula is C67H56N4O. The van der Waals surface area contributed by atoms with Gasteiger partial charge in [0.15, 0.2) is 0 Å². The van der Waals surface area contributed by atoms with Crippen LogP contribution in [0.5, 0.6) is 11.5 Å². The Morgan fingerprint density at radius 1 is 0.472 bits per heavy atom. The van der Waals surface area contributed by atoms with Crippen LogP contribution in [0.2, 0.25) is 0 Å². The number of para-hydroxylation sites is 2. The van der Waals surface area contributed by atoms with Crippen molar-refractivity contribution in [2.75, 3.05) is 16.5 Å². The molecule has 0 amide bonds. The van der Waals surface area contributed by atoms with Crippen LogP contribution in [0, 0.1) is 0 Å². The maximum absolute atomic E-state index is 9.07. The number of aromatic nitrogens is 2. The first-order valence-electron chi connectivity index (χ1n) is 27.0. The average Bonchev–Trinajstić information content (AvgIpc) is 4.04. The summed E-state index contributed by atoms with van der Waals surface area (Å²) in [5, 5.41) is 2.02. The summed E-state index contributed by atoms with van der Waals surface area (Å²) >= 11 is 0. The number of pyridine rings is 1. The van der Waals surface area contributed by atoms with E-state index in [9.17, 15) is 0 Å². The third-order valence-electron chi connectivity index (χ3n) is 14.2. The van der Waals surface area contributed by atoms with Crippen LogP contribution in [-0.4, -0.2) is 16.2 Å². The van der Waals surface area contributed by atoms with Crippen molar-refractivity contribution in [1.82, 2.24) is 9.55 Å². The summed E-state index contributed by atoms with van der Waals surface area (Å²) in [7, 11) is 0. The van der Waals surface area contributed by atoms with Gasteiger partial charge in [0.1, 0.15) is 24.0 Å². The Morgan fingerprint density at radius 3 is 1.83 bits per heavy atom. The standard InChI is InChI=1S/C67H56N4O/c1-66(2,3)52-37-50(47-23-12-7-13-24-47)38-54(40-52)70-45-69(62-31-18-19-32-63(62)70)53-29-20-30-55(41-53)72-56-34-35-57-58-39-49(46-21-10-6-11-22-46)33-36-61(58)71(64(57)42-56)65-43-60(67(4,5)51-27-16-9-17-28-51)59(44-68-65)48-25-14-8-15-26-48/h6-44H,45H2,1-5H3/i8D,14D,15D,25D,26D. The molecule has 0 atom stereocenters. The number of ether oxygens (including phenoxy) is 1. The highest BCUT2D eigenvalue weighted by Crippen LogP contribution is 2.47. The van der Waals surface area contributed by atoms with E-state index in [0.29, 0.717) is 29.5 Å². The van der Waals surface area contributed by atoms with E-state index in [1.807, 2.05) is 60.7 Å². The second-order valence-corrected chi connectivity index (χ2v) is 20.2. The number of anilines is 4. The highest BCUT2D eigenvalue weighted by atomic mass is 16.5. The van der Waals surface area contributed by atoms with Crippen molar-refractivity contribution < 1.29 is 11.6 Å². The van der Waals surface area contributed by atoms with E-state index >= 15 is 0 Å². The van der Waals surface area contributed by atoms with Crippen molar-refractivity contribution in [3.05, 3.63) is 253 Å². The fourth-order valence-corrected chi connectivity index (χ4v) is 10.3. The Labute approximate surface area is 429 Å². The van der Waals surface area contributed by atoms with Gasteiger partial charge in [0.2, 0.25) is 0 Å². The number of rotatable bonds is 10. The maximum atomic E-state index is 9.07. The molecule has 0 bridgehead atoms. The van der Waals surface area contributed by atoms with E-state index < -0.39 is 23.5 Å². The van der Waals surface area contributed by atoms with Gasteiger partial charge in [0.05, 0.1) is 29.3 Å². The van der Waals surface area contributed by atoms with Gasteiger partial charge in [-0.1, -0.05) is 186 Å². The Bertz CT molecular complexity index is 4050. The smallest absolute Gasteiger partial charge is 0.137 e. The van der Waals surface area contributed by atoms with Crippen LogP contribution < -0.4 is 14.5 Å². The predicted octanol–water partition coefficient (Wildman–Crippen LogP) is 17.8. The minimum Gasteiger partial charge on any atom is -0.457 e. The first-order chi connectivity index (χ1) is 37.1. The highest BCUT2D eigenvalue weighted by Gasteiger charge is 2.31. The largest absolute Gasteiger partial charge is 0.457 e. The number of nitrogens with zero attached hydrogens (tertiary/aromatic N) is 4. The third kappa shape index (κ3) is 8.17. The minimum atomic E-state index is -0.704. The fourth-order valence-electron chi connectivity index (χ4n) is 10.3. The van der Waals surface area contributed by atoms with Gasteiger partial charge >= 0.3 is 0 Å². The number of hydrogen-bond acceptors (Lipinski definition) is 4. The van der Waals surface area contributed by atoms with Crippen molar-refractivity contribution in [2.24, 2.45) is 0 Å². The first-order valence-corrected chi connectivity index (χ1v) is 24.5. The topological polar surface area (TPSA) is 33.5 Å². The van der Waals surface area contributed by atoms with Crippen molar-refractivity contribution in [3.63, 3.8) is 0 Å². The summed E-state index contributed by atoms with van der Waals surface area (Å²) in [6.07, 6.45) is 1.67. The molecule has 0 N–H and O–H groups in total. The molecule has 1 aliphatic heterocycles. The van der Waals surface area contributed by atoms with Gasteiger partial charge in [-0.3, -0.25) is 4.57 Å². The average molecular weight is 938 g/mol.